The first-order valence-corrected chi connectivity index (χ1v) is 7.35. The molecule has 1 aromatic carbocycles. The van der Waals surface area contributed by atoms with Crippen LogP contribution in [-0.2, 0) is 0 Å². The molecule has 5 heteroatoms. The third-order valence-electron chi connectivity index (χ3n) is 3.78. The molecule has 1 heterocycles. The summed E-state index contributed by atoms with van der Waals surface area (Å²) in [6, 6.07) is 9.47. The molecule has 114 valence electrons. The molecule has 1 saturated heterocycles. The average molecular weight is 289 g/mol. The van der Waals surface area contributed by atoms with E-state index in [1.165, 1.54) is 0 Å². The van der Waals surface area contributed by atoms with E-state index in [2.05, 4.69) is 4.90 Å². The second-order valence-corrected chi connectivity index (χ2v) is 5.54. The van der Waals surface area contributed by atoms with Crippen molar-refractivity contribution in [3.63, 3.8) is 0 Å². The standard InChI is InChI=1S/C16H23N3O2/c1-17(2)16(21)19-12-10-18(11-13-19)9-8-15(20)14-6-4-3-5-7-14/h3-7H,8-13H2,1-2H3. The maximum atomic E-state index is 12.1. The lowest BCUT2D eigenvalue weighted by Gasteiger charge is -2.35. The summed E-state index contributed by atoms with van der Waals surface area (Å²) in [6.45, 7) is 3.90. The highest BCUT2D eigenvalue weighted by Gasteiger charge is 2.22. The molecule has 0 radical (unpaired) electrons. The summed E-state index contributed by atoms with van der Waals surface area (Å²) in [5.74, 6) is 0.183. The van der Waals surface area contributed by atoms with Crippen molar-refractivity contribution in [2.45, 2.75) is 6.42 Å². The fourth-order valence-electron chi connectivity index (χ4n) is 2.47. The fraction of sp³-hybridized carbons (Fsp3) is 0.500. The molecule has 21 heavy (non-hydrogen) atoms. The number of Topliss-reactive ketones (excluding diaryl/α,β-unsaturated/α-hetero) is 1. The molecule has 0 N–H and O–H groups in total. The number of hydrogen-bond donors (Lipinski definition) is 0. The Hall–Kier alpha value is -1.88. The number of benzene rings is 1. The molecule has 0 bridgehead atoms. The van der Waals surface area contributed by atoms with Gasteiger partial charge in [-0.05, 0) is 0 Å². The van der Waals surface area contributed by atoms with Gasteiger partial charge in [-0.1, -0.05) is 30.3 Å². The summed E-state index contributed by atoms with van der Waals surface area (Å²) in [5.41, 5.74) is 0.777. The van der Waals surface area contributed by atoms with Crippen LogP contribution in [0.3, 0.4) is 0 Å². The van der Waals surface area contributed by atoms with E-state index in [0.717, 1.165) is 38.3 Å². The molecule has 1 aromatic rings. The van der Waals surface area contributed by atoms with Gasteiger partial charge in [-0.25, -0.2) is 4.79 Å². The summed E-state index contributed by atoms with van der Waals surface area (Å²) >= 11 is 0. The van der Waals surface area contributed by atoms with Crippen molar-refractivity contribution in [1.82, 2.24) is 14.7 Å². The van der Waals surface area contributed by atoms with Crippen LogP contribution in [0.25, 0.3) is 0 Å². The minimum Gasteiger partial charge on any atom is -0.331 e. The molecule has 0 spiro atoms. The summed E-state index contributed by atoms with van der Waals surface area (Å²) in [6.07, 6.45) is 0.533. The topological polar surface area (TPSA) is 43.9 Å². The van der Waals surface area contributed by atoms with Crippen molar-refractivity contribution >= 4 is 11.8 Å². The van der Waals surface area contributed by atoms with Gasteiger partial charge in [0.1, 0.15) is 0 Å². The Labute approximate surface area is 126 Å². The van der Waals surface area contributed by atoms with Crippen LogP contribution < -0.4 is 0 Å². The monoisotopic (exact) mass is 289 g/mol. The van der Waals surface area contributed by atoms with Gasteiger partial charge in [0.2, 0.25) is 0 Å². The van der Waals surface area contributed by atoms with E-state index in [9.17, 15) is 9.59 Å². The van der Waals surface area contributed by atoms with E-state index >= 15 is 0 Å². The lowest BCUT2D eigenvalue weighted by Crippen LogP contribution is -2.51. The van der Waals surface area contributed by atoms with Crippen LogP contribution in [0, 0.1) is 0 Å². The van der Waals surface area contributed by atoms with Gasteiger partial charge in [-0.2, -0.15) is 0 Å². The lowest BCUT2D eigenvalue weighted by molar-refractivity contribution is 0.0928. The first kappa shape index (κ1) is 15.5. The number of amides is 2. The number of urea groups is 1. The van der Waals surface area contributed by atoms with Gasteiger partial charge in [0.05, 0.1) is 0 Å². The zero-order valence-electron chi connectivity index (χ0n) is 12.8. The largest absolute Gasteiger partial charge is 0.331 e. The summed E-state index contributed by atoms with van der Waals surface area (Å²) in [5, 5.41) is 0. The molecule has 2 amide bonds. The highest BCUT2D eigenvalue weighted by molar-refractivity contribution is 5.96. The van der Waals surface area contributed by atoms with Crippen LogP contribution >= 0.6 is 0 Å². The van der Waals surface area contributed by atoms with Crippen molar-refractivity contribution < 1.29 is 9.59 Å². The second-order valence-electron chi connectivity index (χ2n) is 5.54. The van der Waals surface area contributed by atoms with Gasteiger partial charge < -0.3 is 9.80 Å². The summed E-state index contributed by atoms with van der Waals surface area (Å²) in [4.78, 5) is 29.6. The Morgan fingerprint density at radius 1 is 1.05 bits per heavy atom. The first-order chi connectivity index (χ1) is 10.1. The number of rotatable bonds is 4. The Kier molecular flexibility index (Phi) is 5.33. The normalized spacial score (nSPS) is 15.8. The summed E-state index contributed by atoms with van der Waals surface area (Å²) in [7, 11) is 3.54. The number of hydrogen-bond acceptors (Lipinski definition) is 3. The smallest absolute Gasteiger partial charge is 0.319 e. The third-order valence-corrected chi connectivity index (χ3v) is 3.78. The lowest BCUT2D eigenvalue weighted by atomic mass is 10.1. The van der Waals surface area contributed by atoms with Gasteiger partial charge >= 0.3 is 6.03 Å². The first-order valence-electron chi connectivity index (χ1n) is 7.35. The van der Waals surface area contributed by atoms with Crippen LogP contribution in [0.1, 0.15) is 16.8 Å². The van der Waals surface area contributed by atoms with Crippen molar-refractivity contribution in [3.05, 3.63) is 35.9 Å². The molecule has 0 atom stereocenters. The van der Waals surface area contributed by atoms with Gasteiger partial charge in [0.15, 0.2) is 5.78 Å². The quantitative estimate of drug-likeness (QED) is 0.790. The van der Waals surface area contributed by atoms with Crippen LogP contribution in [-0.4, -0.2) is 73.3 Å². The third kappa shape index (κ3) is 4.29. The Balaban J connectivity index is 1.74. The highest BCUT2D eigenvalue weighted by Crippen LogP contribution is 2.07. The van der Waals surface area contributed by atoms with Crippen LogP contribution in [0.2, 0.25) is 0 Å². The minimum atomic E-state index is 0.0648. The van der Waals surface area contributed by atoms with E-state index in [0.29, 0.717) is 6.42 Å². The van der Waals surface area contributed by atoms with Crippen molar-refractivity contribution in [2.24, 2.45) is 0 Å². The van der Waals surface area contributed by atoms with Crippen molar-refractivity contribution in [1.29, 1.82) is 0 Å². The van der Waals surface area contributed by atoms with Crippen LogP contribution in [0.15, 0.2) is 30.3 Å². The predicted octanol–water partition coefficient (Wildman–Crippen LogP) is 1.56. The zero-order valence-corrected chi connectivity index (χ0v) is 12.8. The number of nitrogens with zero attached hydrogens (tertiary/aromatic N) is 3. The zero-order chi connectivity index (χ0) is 15.2. The van der Waals surface area contributed by atoms with E-state index in [-0.39, 0.29) is 11.8 Å². The van der Waals surface area contributed by atoms with Gasteiger partial charge in [-0.3, -0.25) is 9.69 Å². The van der Waals surface area contributed by atoms with Crippen LogP contribution in [0.4, 0.5) is 4.79 Å². The SMILES string of the molecule is CN(C)C(=O)N1CCN(CCC(=O)c2ccccc2)CC1. The number of piperazine rings is 1. The van der Waals surface area contributed by atoms with Crippen molar-refractivity contribution in [3.8, 4) is 0 Å². The Morgan fingerprint density at radius 3 is 2.24 bits per heavy atom. The number of ketones is 1. The van der Waals surface area contributed by atoms with Gasteiger partial charge in [0.25, 0.3) is 0 Å². The maximum Gasteiger partial charge on any atom is 0.319 e. The highest BCUT2D eigenvalue weighted by atomic mass is 16.2. The molecule has 0 saturated carbocycles. The number of carbonyl (C=O) groups is 2. The molecule has 1 aliphatic heterocycles. The van der Waals surface area contributed by atoms with Gasteiger partial charge in [0, 0.05) is 58.8 Å². The average Bonchev–Trinajstić information content (AvgIpc) is 2.53. The molecular weight excluding hydrogens is 266 g/mol. The molecule has 5 nitrogen and oxygen atoms in total. The Bertz CT molecular complexity index is 480. The molecule has 1 aliphatic rings. The summed E-state index contributed by atoms with van der Waals surface area (Å²) < 4.78 is 0. The Morgan fingerprint density at radius 2 is 1.67 bits per heavy atom. The molecular formula is C16H23N3O2. The number of carbonyl (C=O) groups excluding carboxylic acids is 2. The van der Waals surface area contributed by atoms with E-state index in [1.54, 1.807) is 19.0 Å². The molecule has 2 rings (SSSR count). The fourth-order valence-corrected chi connectivity index (χ4v) is 2.47. The van der Waals surface area contributed by atoms with E-state index in [1.807, 2.05) is 35.2 Å². The maximum absolute atomic E-state index is 12.1. The van der Waals surface area contributed by atoms with E-state index in [4.69, 9.17) is 0 Å². The molecule has 0 aliphatic carbocycles. The minimum absolute atomic E-state index is 0.0648. The van der Waals surface area contributed by atoms with Gasteiger partial charge in [-0.15, -0.1) is 0 Å². The molecule has 1 fully saturated rings. The molecule has 0 aromatic heterocycles. The van der Waals surface area contributed by atoms with Crippen molar-refractivity contribution in [2.75, 3.05) is 46.8 Å². The van der Waals surface area contributed by atoms with E-state index < -0.39 is 0 Å². The van der Waals surface area contributed by atoms with Crippen LogP contribution in [0.5, 0.6) is 0 Å². The predicted molar refractivity (Wildman–Crippen MR) is 82.5 cm³/mol. The molecule has 0 unspecified atom stereocenters. The second kappa shape index (κ2) is 7.22.